The van der Waals surface area contributed by atoms with Crippen LogP contribution in [0.1, 0.15) is 23.7 Å². The highest BCUT2D eigenvalue weighted by atomic mass is 32.1. The molecule has 0 saturated carbocycles. The predicted octanol–water partition coefficient (Wildman–Crippen LogP) is 2.71. The van der Waals surface area contributed by atoms with Gasteiger partial charge in [0.1, 0.15) is 5.82 Å². The predicted molar refractivity (Wildman–Crippen MR) is 48.3 cm³/mol. The molecule has 0 aliphatic carbocycles. The van der Waals surface area contributed by atoms with Crippen LogP contribution in [-0.2, 0) is 0 Å². The second-order valence-electron chi connectivity index (χ2n) is 2.47. The number of rotatable bonds is 2. The number of hydrogen-bond donors (Lipinski definition) is 1. The van der Waals surface area contributed by atoms with Gasteiger partial charge in [0.15, 0.2) is 5.78 Å². The lowest BCUT2D eigenvalue weighted by molar-refractivity contribution is 0.0987. The standard InChI is InChI=1S/C9H9FOS/c1-2-9(11)6-3-7(10)5-8(12)4-6/h3-5,12H,2H2,1H3. The van der Waals surface area contributed by atoms with Crippen LogP contribution in [0.4, 0.5) is 4.39 Å². The van der Waals surface area contributed by atoms with Crippen molar-refractivity contribution >= 4 is 18.4 Å². The maximum Gasteiger partial charge on any atom is 0.162 e. The van der Waals surface area contributed by atoms with Gasteiger partial charge in [-0.1, -0.05) is 6.92 Å². The van der Waals surface area contributed by atoms with Crippen LogP contribution in [0.15, 0.2) is 23.1 Å². The van der Waals surface area contributed by atoms with Crippen molar-refractivity contribution in [3.8, 4) is 0 Å². The van der Waals surface area contributed by atoms with E-state index < -0.39 is 5.82 Å². The fraction of sp³-hybridized carbons (Fsp3) is 0.222. The summed E-state index contributed by atoms with van der Waals surface area (Å²) in [5, 5.41) is 0. The third-order valence-corrected chi connectivity index (χ3v) is 1.78. The van der Waals surface area contributed by atoms with Crippen LogP contribution >= 0.6 is 12.6 Å². The molecule has 0 radical (unpaired) electrons. The van der Waals surface area contributed by atoms with Gasteiger partial charge in [0.2, 0.25) is 0 Å². The molecule has 0 N–H and O–H groups in total. The van der Waals surface area contributed by atoms with Crippen molar-refractivity contribution in [1.29, 1.82) is 0 Å². The van der Waals surface area contributed by atoms with E-state index in [1.54, 1.807) is 13.0 Å². The number of ketones is 1. The third kappa shape index (κ3) is 2.08. The van der Waals surface area contributed by atoms with Gasteiger partial charge >= 0.3 is 0 Å². The molecule has 0 amide bonds. The van der Waals surface area contributed by atoms with Crippen molar-refractivity contribution in [1.82, 2.24) is 0 Å². The molecule has 1 nitrogen and oxygen atoms in total. The average molecular weight is 184 g/mol. The van der Waals surface area contributed by atoms with E-state index in [2.05, 4.69) is 12.6 Å². The van der Waals surface area contributed by atoms with E-state index in [0.717, 1.165) is 0 Å². The van der Waals surface area contributed by atoms with Crippen molar-refractivity contribution in [3.63, 3.8) is 0 Å². The van der Waals surface area contributed by atoms with Crippen molar-refractivity contribution in [2.24, 2.45) is 0 Å². The summed E-state index contributed by atoms with van der Waals surface area (Å²) in [5.74, 6) is -0.482. The van der Waals surface area contributed by atoms with Crippen LogP contribution in [0.25, 0.3) is 0 Å². The largest absolute Gasteiger partial charge is 0.294 e. The molecule has 0 heterocycles. The maximum absolute atomic E-state index is 12.7. The van der Waals surface area contributed by atoms with Crippen molar-refractivity contribution in [3.05, 3.63) is 29.6 Å². The number of carbonyl (C=O) groups is 1. The Balaban J connectivity index is 3.08. The van der Waals surface area contributed by atoms with E-state index in [9.17, 15) is 9.18 Å². The minimum absolute atomic E-state index is 0.0650. The maximum atomic E-state index is 12.7. The lowest BCUT2D eigenvalue weighted by Gasteiger charge is -1.99. The van der Waals surface area contributed by atoms with Crippen molar-refractivity contribution in [2.45, 2.75) is 18.2 Å². The molecule has 0 atom stereocenters. The van der Waals surface area contributed by atoms with Crippen LogP contribution in [0.3, 0.4) is 0 Å². The van der Waals surface area contributed by atoms with E-state index in [-0.39, 0.29) is 5.78 Å². The Hall–Kier alpha value is -0.830. The summed E-state index contributed by atoms with van der Waals surface area (Å²) in [6.45, 7) is 1.74. The summed E-state index contributed by atoms with van der Waals surface area (Å²) in [5.41, 5.74) is 0.391. The molecular formula is C9H9FOS. The normalized spacial score (nSPS) is 9.92. The van der Waals surface area contributed by atoms with Gasteiger partial charge in [0, 0.05) is 16.9 Å². The van der Waals surface area contributed by atoms with E-state index >= 15 is 0 Å². The first-order valence-electron chi connectivity index (χ1n) is 3.66. The highest BCUT2D eigenvalue weighted by Gasteiger charge is 2.04. The first kappa shape index (κ1) is 9.26. The zero-order valence-corrected chi connectivity index (χ0v) is 7.57. The highest BCUT2D eigenvalue weighted by Crippen LogP contribution is 2.13. The van der Waals surface area contributed by atoms with Crippen LogP contribution in [0, 0.1) is 5.82 Å². The summed E-state index contributed by atoms with van der Waals surface area (Å²) >= 11 is 3.97. The summed E-state index contributed by atoms with van der Waals surface area (Å²) in [6.07, 6.45) is 0.386. The topological polar surface area (TPSA) is 17.1 Å². The Kier molecular flexibility index (Phi) is 2.87. The van der Waals surface area contributed by atoms with Gasteiger partial charge in [0.25, 0.3) is 0 Å². The van der Waals surface area contributed by atoms with Crippen molar-refractivity contribution in [2.75, 3.05) is 0 Å². The smallest absolute Gasteiger partial charge is 0.162 e. The second kappa shape index (κ2) is 3.72. The number of benzene rings is 1. The number of Topliss-reactive ketones (excluding diaryl/α,β-unsaturated/α-hetero) is 1. The Morgan fingerprint density at radius 3 is 2.67 bits per heavy atom. The summed E-state index contributed by atoms with van der Waals surface area (Å²) in [6, 6.07) is 4.07. The van der Waals surface area contributed by atoms with Gasteiger partial charge in [-0.05, 0) is 18.2 Å². The quantitative estimate of drug-likeness (QED) is 0.552. The number of thiol groups is 1. The molecule has 1 aromatic carbocycles. The molecule has 0 spiro atoms. The second-order valence-corrected chi connectivity index (χ2v) is 2.99. The Bertz CT molecular complexity index is 289. The molecule has 3 heteroatoms. The Morgan fingerprint density at radius 2 is 2.17 bits per heavy atom. The fourth-order valence-corrected chi connectivity index (χ4v) is 1.20. The van der Waals surface area contributed by atoms with Gasteiger partial charge in [-0.3, -0.25) is 4.79 Å². The first-order chi connectivity index (χ1) is 5.63. The lowest BCUT2D eigenvalue weighted by atomic mass is 10.1. The van der Waals surface area contributed by atoms with Crippen LogP contribution in [0.2, 0.25) is 0 Å². The van der Waals surface area contributed by atoms with Gasteiger partial charge in [-0.2, -0.15) is 0 Å². The van der Waals surface area contributed by atoms with Gasteiger partial charge in [-0.15, -0.1) is 12.6 Å². The minimum Gasteiger partial charge on any atom is -0.294 e. The number of halogens is 1. The monoisotopic (exact) mass is 184 g/mol. The molecule has 0 unspecified atom stereocenters. The molecule has 0 bridgehead atoms. The fourth-order valence-electron chi connectivity index (χ4n) is 0.939. The lowest BCUT2D eigenvalue weighted by Crippen LogP contribution is -1.96. The van der Waals surface area contributed by atoms with Gasteiger partial charge in [-0.25, -0.2) is 4.39 Å². The molecule has 64 valence electrons. The molecule has 0 fully saturated rings. The molecule has 0 saturated heterocycles. The summed E-state index contributed by atoms with van der Waals surface area (Å²) < 4.78 is 12.7. The van der Waals surface area contributed by atoms with E-state index in [4.69, 9.17) is 0 Å². The summed E-state index contributed by atoms with van der Waals surface area (Å²) in [4.78, 5) is 11.6. The molecular weight excluding hydrogens is 175 g/mol. The van der Waals surface area contributed by atoms with Gasteiger partial charge < -0.3 is 0 Å². The summed E-state index contributed by atoms with van der Waals surface area (Å²) in [7, 11) is 0. The SMILES string of the molecule is CCC(=O)c1cc(F)cc(S)c1. The minimum atomic E-state index is -0.417. The van der Waals surface area contributed by atoms with E-state index in [1.165, 1.54) is 12.1 Å². The molecule has 0 aliphatic rings. The average Bonchev–Trinajstić information content (AvgIpc) is 2.01. The molecule has 1 rings (SSSR count). The molecule has 1 aromatic rings. The molecule has 12 heavy (non-hydrogen) atoms. The molecule has 0 aromatic heterocycles. The van der Waals surface area contributed by atoms with Crippen LogP contribution < -0.4 is 0 Å². The van der Waals surface area contributed by atoms with E-state index in [1.807, 2.05) is 0 Å². The molecule has 0 aliphatic heterocycles. The van der Waals surface area contributed by atoms with Crippen LogP contribution in [-0.4, -0.2) is 5.78 Å². The first-order valence-corrected chi connectivity index (χ1v) is 4.11. The van der Waals surface area contributed by atoms with E-state index in [0.29, 0.717) is 16.9 Å². The Labute approximate surface area is 76.0 Å². The number of carbonyl (C=O) groups excluding carboxylic acids is 1. The number of hydrogen-bond acceptors (Lipinski definition) is 2. The van der Waals surface area contributed by atoms with Crippen molar-refractivity contribution < 1.29 is 9.18 Å². The highest BCUT2D eigenvalue weighted by molar-refractivity contribution is 7.80. The zero-order chi connectivity index (χ0) is 9.14. The zero-order valence-electron chi connectivity index (χ0n) is 6.67. The van der Waals surface area contributed by atoms with Gasteiger partial charge in [0.05, 0.1) is 0 Å². The Morgan fingerprint density at radius 1 is 1.50 bits per heavy atom. The third-order valence-electron chi connectivity index (χ3n) is 1.53. The van der Waals surface area contributed by atoms with Crippen LogP contribution in [0.5, 0.6) is 0 Å².